The summed E-state index contributed by atoms with van der Waals surface area (Å²) in [6.07, 6.45) is 1.40. The lowest BCUT2D eigenvalue weighted by molar-refractivity contribution is -0.577. The molecule has 4 rings (SSSR count). The minimum Gasteiger partial charge on any atom is -0.618 e. The number of anilines is 2. The third-order valence-corrected chi connectivity index (χ3v) is 4.96. The zero-order chi connectivity index (χ0) is 22.1. The molecule has 0 unspecified atom stereocenters. The van der Waals surface area contributed by atoms with Crippen LogP contribution in [0, 0.1) is 11.0 Å². The molecule has 0 spiro atoms. The van der Waals surface area contributed by atoms with E-state index in [1.165, 1.54) is 42.1 Å². The first-order valence-corrected chi connectivity index (χ1v) is 9.70. The zero-order valence-corrected chi connectivity index (χ0v) is 16.9. The number of aromatic nitrogens is 3. The molecule has 2 heterocycles. The highest BCUT2D eigenvalue weighted by atomic mass is 19.1. The largest absolute Gasteiger partial charge is 0.618 e. The molecular weight excluding hydrogens is 399 g/mol. The standard InChI is InChI=1S/C23H19FN4O3/c1-3-27-23(30)22(25-18-10-11-19-16(13-18)5-4-12-28(19)31)20(14(2)29)21(26-27)15-6-8-17(24)9-7-15/h4-13,25H,3H2,1-2H3. The number of fused-ring (bicyclic) bond motifs is 1. The molecule has 2 aromatic heterocycles. The van der Waals surface area contributed by atoms with E-state index in [2.05, 4.69) is 10.4 Å². The van der Waals surface area contributed by atoms with Gasteiger partial charge in [-0.05, 0) is 56.3 Å². The van der Waals surface area contributed by atoms with Crippen molar-refractivity contribution < 1.29 is 13.9 Å². The molecule has 0 radical (unpaired) electrons. The van der Waals surface area contributed by atoms with Crippen molar-refractivity contribution in [1.82, 2.24) is 9.78 Å². The van der Waals surface area contributed by atoms with Gasteiger partial charge in [-0.15, -0.1) is 0 Å². The molecule has 0 bridgehead atoms. The van der Waals surface area contributed by atoms with Gasteiger partial charge in [0, 0.05) is 35.3 Å². The first-order chi connectivity index (χ1) is 14.9. The molecule has 0 atom stereocenters. The van der Waals surface area contributed by atoms with E-state index in [0.717, 1.165) is 4.73 Å². The molecule has 0 aliphatic carbocycles. The van der Waals surface area contributed by atoms with Crippen molar-refractivity contribution in [3.8, 4) is 11.3 Å². The van der Waals surface area contributed by atoms with E-state index < -0.39 is 11.4 Å². The number of aryl methyl sites for hydroxylation is 1. The molecule has 0 fully saturated rings. The molecule has 0 aliphatic heterocycles. The summed E-state index contributed by atoms with van der Waals surface area (Å²) in [5.41, 5.74) is 1.56. The summed E-state index contributed by atoms with van der Waals surface area (Å²) >= 11 is 0. The molecule has 31 heavy (non-hydrogen) atoms. The third kappa shape index (κ3) is 3.75. The van der Waals surface area contributed by atoms with Gasteiger partial charge < -0.3 is 10.5 Å². The van der Waals surface area contributed by atoms with Crippen LogP contribution in [0.4, 0.5) is 15.8 Å². The number of rotatable bonds is 5. The summed E-state index contributed by atoms with van der Waals surface area (Å²) in [6.45, 7) is 3.41. The van der Waals surface area contributed by atoms with Crippen molar-refractivity contribution in [2.75, 3.05) is 5.32 Å². The Morgan fingerprint density at radius 1 is 1.19 bits per heavy atom. The molecule has 2 aromatic carbocycles. The van der Waals surface area contributed by atoms with Crippen molar-refractivity contribution in [2.45, 2.75) is 20.4 Å². The third-order valence-electron chi connectivity index (χ3n) is 4.96. The Morgan fingerprint density at radius 2 is 1.94 bits per heavy atom. The molecular formula is C23H19FN4O3. The number of benzene rings is 2. The Bertz CT molecular complexity index is 1360. The lowest BCUT2D eigenvalue weighted by Gasteiger charge is -2.16. The van der Waals surface area contributed by atoms with Crippen LogP contribution in [-0.4, -0.2) is 15.6 Å². The normalized spacial score (nSPS) is 10.9. The quantitative estimate of drug-likeness (QED) is 0.302. The van der Waals surface area contributed by atoms with Crippen LogP contribution in [0.15, 0.2) is 65.6 Å². The van der Waals surface area contributed by atoms with Crippen molar-refractivity contribution in [3.05, 3.63) is 87.7 Å². The smallest absolute Gasteiger partial charge is 0.291 e. The van der Waals surface area contributed by atoms with Gasteiger partial charge in [0.2, 0.25) is 5.52 Å². The predicted molar refractivity (Wildman–Crippen MR) is 116 cm³/mol. The molecule has 0 amide bonds. The molecule has 0 aliphatic rings. The highest BCUT2D eigenvalue weighted by Gasteiger charge is 2.22. The van der Waals surface area contributed by atoms with Gasteiger partial charge in [0.05, 0.1) is 5.56 Å². The van der Waals surface area contributed by atoms with Crippen LogP contribution in [0.1, 0.15) is 24.2 Å². The van der Waals surface area contributed by atoms with E-state index in [1.807, 2.05) is 0 Å². The van der Waals surface area contributed by atoms with E-state index in [4.69, 9.17) is 0 Å². The summed E-state index contributed by atoms with van der Waals surface area (Å²) in [5, 5.41) is 20.0. The monoisotopic (exact) mass is 418 g/mol. The number of carbonyl (C=O) groups is 1. The second-order valence-corrected chi connectivity index (χ2v) is 7.02. The van der Waals surface area contributed by atoms with E-state index in [-0.39, 0.29) is 29.3 Å². The number of ketones is 1. The second-order valence-electron chi connectivity index (χ2n) is 7.02. The van der Waals surface area contributed by atoms with Crippen molar-refractivity contribution in [2.24, 2.45) is 0 Å². The zero-order valence-electron chi connectivity index (χ0n) is 16.9. The first kappa shape index (κ1) is 20.2. The van der Waals surface area contributed by atoms with Gasteiger partial charge in [-0.25, -0.2) is 9.07 Å². The fourth-order valence-corrected chi connectivity index (χ4v) is 3.47. The maximum absolute atomic E-state index is 13.4. The highest BCUT2D eigenvalue weighted by molar-refractivity contribution is 6.05. The summed E-state index contributed by atoms with van der Waals surface area (Å²) in [7, 11) is 0. The number of carbonyl (C=O) groups excluding carboxylic acids is 1. The van der Waals surface area contributed by atoms with Gasteiger partial charge >= 0.3 is 0 Å². The van der Waals surface area contributed by atoms with E-state index in [9.17, 15) is 19.2 Å². The molecule has 156 valence electrons. The highest BCUT2D eigenvalue weighted by Crippen LogP contribution is 2.28. The lowest BCUT2D eigenvalue weighted by Crippen LogP contribution is -2.28. The van der Waals surface area contributed by atoms with Gasteiger partial charge in [-0.2, -0.15) is 9.83 Å². The van der Waals surface area contributed by atoms with Gasteiger partial charge in [0.25, 0.3) is 5.56 Å². The number of nitrogens with zero attached hydrogens (tertiary/aromatic N) is 3. The van der Waals surface area contributed by atoms with E-state index in [0.29, 0.717) is 22.2 Å². The van der Waals surface area contributed by atoms with Crippen LogP contribution < -0.4 is 15.6 Å². The Kier molecular flexibility index (Phi) is 5.21. The minimum absolute atomic E-state index is 0.0777. The Hall–Kier alpha value is -4.07. The van der Waals surface area contributed by atoms with Gasteiger partial charge in [-0.3, -0.25) is 9.59 Å². The SMILES string of the molecule is CCn1nc(-c2ccc(F)cc2)c(C(C)=O)c(Nc2ccc3c(ccc[n+]3[O-])c2)c1=O. The topological polar surface area (TPSA) is 90.9 Å². The Morgan fingerprint density at radius 3 is 2.61 bits per heavy atom. The van der Waals surface area contributed by atoms with Crippen LogP contribution in [-0.2, 0) is 6.54 Å². The van der Waals surface area contributed by atoms with E-state index in [1.54, 1.807) is 37.3 Å². The summed E-state index contributed by atoms with van der Waals surface area (Å²) in [6, 6.07) is 14.0. The summed E-state index contributed by atoms with van der Waals surface area (Å²) < 4.78 is 15.4. The van der Waals surface area contributed by atoms with Gasteiger partial charge in [0.15, 0.2) is 12.0 Å². The molecule has 8 heteroatoms. The van der Waals surface area contributed by atoms with Gasteiger partial charge in [0.1, 0.15) is 17.2 Å². The van der Waals surface area contributed by atoms with E-state index >= 15 is 0 Å². The van der Waals surface area contributed by atoms with Gasteiger partial charge in [-0.1, -0.05) is 0 Å². The van der Waals surface area contributed by atoms with Crippen molar-refractivity contribution in [3.63, 3.8) is 0 Å². The predicted octanol–water partition coefficient (Wildman–Crippen LogP) is 3.80. The molecule has 0 saturated heterocycles. The molecule has 1 N–H and O–H groups in total. The molecule has 7 nitrogen and oxygen atoms in total. The van der Waals surface area contributed by atoms with Crippen LogP contribution in [0.2, 0.25) is 0 Å². The first-order valence-electron chi connectivity index (χ1n) is 9.70. The number of halogens is 1. The molecule has 0 saturated carbocycles. The Balaban J connectivity index is 1.92. The number of hydrogen-bond donors (Lipinski definition) is 1. The van der Waals surface area contributed by atoms with Crippen molar-refractivity contribution >= 4 is 28.1 Å². The lowest BCUT2D eigenvalue weighted by atomic mass is 10.0. The average molecular weight is 418 g/mol. The number of pyridine rings is 1. The van der Waals surface area contributed by atoms with Crippen LogP contribution in [0.3, 0.4) is 0 Å². The average Bonchev–Trinajstić information content (AvgIpc) is 2.75. The maximum Gasteiger partial charge on any atom is 0.291 e. The van der Waals surface area contributed by atoms with Crippen LogP contribution in [0.5, 0.6) is 0 Å². The number of hydrogen-bond acceptors (Lipinski definition) is 5. The van der Waals surface area contributed by atoms with Crippen LogP contribution in [0.25, 0.3) is 22.2 Å². The summed E-state index contributed by atoms with van der Waals surface area (Å²) in [5.74, 6) is -0.769. The second kappa shape index (κ2) is 7.98. The maximum atomic E-state index is 13.4. The van der Waals surface area contributed by atoms with Crippen molar-refractivity contribution in [1.29, 1.82) is 0 Å². The number of Topliss-reactive ketones (excluding diaryl/α,β-unsaturated/α-hetero) is 1. The Labute approximate surface area is 177 Å². The number of nitrogens with one attached hydrogen (secondary N) is 1. The minimum atomic E-state index is -0.453. The summed E-state index contributed by atoms with van der Waals surface area (Å²) in [4.78, 5) is 25.6. The fourth-order valence-electron chi connectivity index (χ4n) is 3.47. The fraction of sp³-hybridized carbons (Fsp3) is 0.130. The molecule has 4 aromatic rings. The van der Waals surface area contributed by atoms with Crippen LogP contribution >= 0.6 is 0 Å².